The van der Waals surface area contributed by atoms with Crippen molar-refractivity contribution in [3.8, 4) is 0 Å². The molecular formula is C13H16N4OS. The van der Waals surface area contributed by atoms with Gasteiger partial charge in [-0.05, 0) is 26.8 Å². The van der Waals surface area contributed by atoms with Gasteiger partial charge in [0.1, 0.15) is 0 Å². The van der Waals surface area contributed by atoms with Crippen LogP contribution in [0.25, 0.3) is 6.08 Å². The molecule has 19 heavy (non-hydrogen) atoms. The number of aryl methyl sites for hydroxylation is 3. The predicted molar refractivity (Wildman–Crippen MR) is 77.2 cm³/mol. The van der Waals surface area contributed by atoms with Crippen LogP contribution in [0.1, 0.15) is 22.6 Å². The van der Waals surface area contributed by atoms with Crippen molar-refractivity contribution in [2.45, 2.75) is 20.8 Å². The first kappa shape index (κ1) is 13.5. The quantitative estimate of drug-likeness (QED) is 0.876. The molecule has 0 aliphatic rings. The van der Waals surface area contributed by atoms with Crippen molar-refractivity contribution in [3.05, 3.63) is 34.1 Å². The van der Waals surface area contributed by atoms with E-state index in [0.717, 1.165) is 22.6 Å². The van der Waals surface area contributed by atoms with Gasteiger partial charge in [-0.2, -0.15) is 5.10 Å². The first-order valence-electron chi connectivity index (χ1n) is 5.88. The second-order valence-electron chi connectivity index (χ2n) is 4.32. The highest BCUT2D eigenvalue weighted by molar-refractivity contribution is 7.13. The summed E-state index contributed by atoms with van der Waals surface area (Å²) in [5, 5.41) is 9.55. The lowest BCUT2D eigenvalue weighted by Crippen LogP contribution is -2.07. The fourth-order valence-corrected chi connectivity index (χ4v) is 2.44. The standard InChI is InChI=1S/C13H16N4OS/c1-8-7-19-13(14-8)15-12(18)6-5-11-9(2)16-17(4)10(11)3/h5-7H,1-4H3,(H,14,15,18)/b6-5+. The summed E-state index contributed by atoms with van der Waals surface area (Å²) in [6, 6.07) is 0. The van der Waals surface area contributed by atoms with Gasteiger partial charge in [0.25, 0.3) is 0 Å². The monoisotopic (exact) mass is 276 g/mol. The van der Waals surface area contributed by atoms with Gasteiger partial charge in [0.05, 0.1) is 11.4 Å². The lowest BCUT2D eigenvalue weighted by molar-refractivity contribution is -0.111. The number of hydrogen-bond acceptors (Lipinski definition) is 4. The molecule has 0 aliphatic heterocycles. The van der Waals surface area contributed by atoms with Gasteiger partial charge in [0.15, 0.2) is 5.13 Å². The van der Waals surface area contributed by atoms with Crippen LogP contribution < -0.4 is 5.32 Å². The van der Waals surface area contributed by atoms with E-state index in [2.05, 4.69) is 15.4 Å². The summed E-state index contributed by atoms with van der Waals surface area (Å²) in [6.07, 6.45) is 3.29. The molecule has 0 atom stereocenters. The summed E-state index contributed by atoms with van der Waals surface area (Å²) in [4.78, 5) is 15.9. The average Bonchev–Trinajstić information content (AvgIpc) is 2.83. The fraction of sp³-hybridized carbons (Fsp3) is 0.308. The molecule has 100 valence electrons. The molecule has 0 radical (unpaired) electrons. The van der Waals surface area contributed by atoms with Crippen molar-refractivity contribution < 1.29 is 4.79 Å². The second-order valence-corrected chi connectivity index (χ2v) is 5.18. The van der Waals surface area contributed by atoms with E-state index in [1.54, 1.807) is 10.8 Å². The van der Waals surface area contributed by atoms with Crippen LogP contribution in [-0.2, 0) is 11.8 Å². The number of nitrogens with one attached hydrogen (secondary N) is 1. The molecule has 0 unspecified atom stereocenters. The number of rotatable bonds is 3. The Morgan fingerprint density at radius 3 is 2.68 bits per heavy atom. The molecule has 6 heteroatoms. The number of carbonyl (C=O) groups is 1. The number of anilines is 1. The van der Waals surface area contributed by atoms with Crippen LogP contribution >= 0.6 is 11.3 Å². The number of nitrogens with zero attached hydrogens (tertiary/aromatic N) is 3. The lowest BCUT2D eigenvalue weighted by atomic mass is 10.2. The Hall–Kier alpha value is -1.95. The summed E-state index contributed by atoms with van der Waals surface area (Å²) in [5.74, 6) is -0.183. The summed E-state index contributed by atoms with van der Waals surface area (Å²) in [6.45, 7) is 5.79. The van der Waals surface area contributed by atoms with Crippen LogP contribution in [0.5, 0.6) is 0 Å². The second kappa shape index (κ2) is 5.36. The molecule has 0 saturated heterocycles. The Morgan fingerprint density at radius 2 is 2.16 bits per heavy atom. The lowest BCUT2D eigenvalue weighted by Gasteiger charge is -1.96. The first-order chi connectivity index (χ1) is 8.97. The van der Waals surface area contributed by atoms with Crippen molar-refractivity contribution >= 4 is 28.5 Å². The maximum absolute atomic E-state index is 11.8. The molecule has 2 aromatic heterocycles. The maximum Gasteiger partial charge on any atom is 0.250 e. The van der Waals surface area contributed by atoms with E-state index in [1.807, 2.05) is 33.2 Å². The SMILES string of the molecule is Cc1csc(NC(=O)/C=C/c2c(C)nn(C)c2C)n1. The molecule has 2 aromatic rings. The fourth-order valence-electron chi connectivity index (χ4n) is 1.75. The Bertz CT molecular complexity index is 639. The van der Waals surface area contributed by atoms with Crippen LogP contribution in [0.3, 0.4) is 0 Å². The van der Waals surface area contributed by atoms with E-state index >= 15 is 0 Å². The molecule has 1 N–H and O–H groups in total. The number of thiazole rings is 1. The van der Waals surface area contributed by atoms with Crippen LogP contribution in [0.2, 0.25) is 0 Å². The Labute approximate surface area is 116 Å². The van der Waals surface area contributed by atoms with Crippen LogP contribution in [-0.4, -0.2) is 20.7 Å². The highest BCUT2D eigenvalue weighted by Gasteiger charge is 2.07. The van der Waals surface area contributed by atoms with E-state index in [9.17, 15) is 4.79 Å². The zero-order valence-corrected chi connectivity index (χ0v) is 12.2. The van der Waals surface area contributed by atoms with Gasteiger partial charge in [-0.3, -0.25) is 14.8 Å². The number of aromatic nitrogens is 3. The topological polar surface area (TPSA) is 59.8 Å². The third-order valence-corrected chi connectivity index (χ3v) is 3.69. The zero-order chi connectivity index (χ0) is 14.0. The molecule has 5 nitrogen and oxygen atoms in total. The molecule has 2 heterocycles. The third-order valence-electron chi connectivity index (χ3n) is 2.82. The molecule has 0 saturated carbocycles. The van der Waals surface area contributed by atoms with Crippen molar-refractivity contribution in [1.29, 1.82) is 0 Å². The van der Waals surface area contributed by atoms with Crippen molar-refractivity contribution in [2.75, 3.05) is 5.32 Å². The first-order valence-corrected chi connectivity index (χ1v) is 6.76. The van der Waals surface area contributed by atoms with Crippen molar-refractivity contribution in [3.63, 3.8) is 0 Å². The molecule has 0 fully saturated rings. The van der Waals surface area contributed by atoms with E-state index < -0.39 is 0 Å². The molecule has 2 rings (SSSR count). The summed E-state index contributed by atoms with van der Waals surface area (Å²) < 4.78 is 1.80. The average molecular weight is 276 g/mol. The highest BCUT2D eigenvalue weighted by Crippen LogP contribution is 2.16. The minimum Gasteiger partial charge on any atom is -0.298 e. The largest absolute Gasteiger partial charge is 0.298 e. The van der Waals surface area contributed by atoms with E-state index in [1.165, 1.54) is 17.4 Å². The van der Waals surface area contributed by atoms with Gasteiger partial charge in [0.2, 0.25) is 5.91 Å². The highest BCUT2D eigenvalue weighted by atomic mass is 32.1. The molecule has 1 amide bonds. The molecule has 0 bridgehead atoms. The van der Waals surface area contributed by atoms with Gasteiger partial charge >= 0.3 is 0 Å². The smallest absolute Gasteiger partial charge is 0.250 e. The van der Waals surface area contributed by atoms with Crippen LogP contribution in [0, 0.1) is 20.8 Å². The van der Waals surface area contributed by atoms with Crippen molar-refractivity contribution in [2.24, 2.45) is 7.05 Å². The Kier molecular flexibility index (Phi) is 3.80. The number of carbonyl (C=O) groups excluding carboxylic acids is 1. The maximum atomic E-state index is 11.8. The van der Waals surface area contributed by atoms with Crippen LogP contribution in [0.15, 0.2) is 11.5 Å². The number of hydrogen-bond donors (Lipinski definition) is 1. The van der Waals surface area contributed by atoms with Gasteiger partial charge in [-0.15, -0.1) is 11.3 Å². The normalized spacial score (nSPS) is 11.2. The van der Waals surface area contributed by atoms with E-state index in [4.69, 9.17) is 0 Å². The Morgan fingerprint density at radius 1 is 1.42 bits per heavy atom. The van der Waals surface area contributed by atoms with Crippen molar-refractivity contribution in [1.82, 2.24) is 14.8 Å². The molecule has 0 aliphatic carbocycles. The zero-order valence-electron chi connectivity index (χ0n) is 11.4. The minimum atomic E-state index is -0.183. The molecular weight excluding hydrogens is 260 g/mol. The van der Waals surface area contributed by atoms with E-state index in [0.29, 0.717) is 5.13 Å². The number of amides is 1. The third kappa shape index (κ3) is 3.08. The minimum absolute atomic E-state index is 0.183. The summed E-state index contributed by atoms with van der Waals surface area (Å²) >= 11 is 1.42. The van der Waals surface area contributed by atoms with Gasteiger partial charge < -0.3 is 0 Å². The van der Waals surface area contributed by atoms with Gasteiger partial charge in [0, 0.05) is 29.8 Å². The van der Waals surface area contributed by atoms with Crippen LogP contribution in [0.4, 0.5) is 5.13 Å². The van der Waals surface area contributed by atoms with Gasteiger partial charge in [-0.25, -0.2) is 4.98 Å². The summed E-state index contributed by atoms with van der Waals surface area (Å²) in [5.41, 5.74) is 3.83. The Balaban J connectivity index is 2.08. The molecule has 0 aromatic carbocycles. The van der Waals surface area contributed by atoms with Gasteiger partial charge in [-0.1, -0.05) is 0 Å². The molecule has 0 spiro atoms. The summed E-state index contributed by atoms with van der Waals surface area (Å²) in [7, 11) is 1.89. The van der Waals surface area contributed by atoms with E-state index in [-0.39, 0.29) is 5.91 Å². The predicted octanol–water partition coefficient (Wildman–Crippen LogP) is 2.45.